The molecule has 3 rings (SSSR count). The summed E-state index contributed by atoms with van der Waals surface area (Å²) in [6, 6.07) is 5.71. The van der Waals surface area contributed by atoms with Gasteiger partial charge in [0.25, 0.3) is 0 Å². The highest BCUT2D eigenvalue weighted by molar-refractivity contribution is 7.89. The second-order valence-electron chi connectivity index (χ2n) is 6.46. The number of methoxy groups -OCH3 is 1. The van der Waals surface area contributed by atoms with Crippen molar-refractivity contribution in [1.82, 2.24) is 4.31 Å². The molecule has 0 radical (unpaired) electrons. The minimum Gasteiger partial charge on any atom is -0.384 e. The summed E-state index contributed by atoms with van der Waals surface area (Å²) in [6.45, 7) is 1.84. The van der Waals surface area contributed by atoms with Crippen molar-refractivity contribution in [2.45, 2.75) is 43.4 Å². The van der Waals surface area contributed by atoms with Gasteiger partial charge in [0, 0.05) is 20.2 Å². The molecule has 1 aliphatic carbocycles. The van der Waals surface area contributed by atoms with E-state index in [1.807, 2.05) is 12.1 Å². The molecule has 0 saturated carbocycles. The zero-order valence-electron chi connectivity index (χ0n) is 13.3. The molecule has 1 atom stereocenters. The van der Waals surface area contributed by atoms with Gasteiger partial charge in [-0.25, -0.2) is 8.42 Å². The lowest BCUT2D eigenvalue weighted by Crippen LogP contribution is -2.41. The first-order valence-electron chi connectivity index (χ1n) is 8.22. The summed E-state index contributed by atoms with van der Waals surface area (Å²) in [5.41, 5.74) is 2.54. The number of hydrogen-bond donors (Lipinski definition) is 0. The van der Waals surface area contributed by atoms with E-state index >= 15 is 0 Å². The number of rotatable bonds is 4. The normalized spacial score (nSPS) is 23.2. The molecular weight excluding hydrogens is 298 g/mol. The largest absolute Gasteiger partial charge is 0.384 e. The molecule has 1 aromatic rings. The minimum absolute atomic E-state index is 0.311. The molecule has 122 valence electrons. The average Bonchev–Trinajstić information content (AvgIpc) is 2.55. The Morgan fingerprint density at radius 1 is 1.18 bits per heavy atom. The van der Waals surface area contributed by atoms with Crippen molar-refractivity contribution in [2.75, 3.05) is 26.8 Å². The van der Waals surface area contributed by atoms with Gasteiger partial charge >= 0.3 is 0 Å². The fourth-order valence-electron chi connectivity index (χ4n) is 3.64. The van der Waals surface area contributed by atoms with Crippen molar-refractivity contribution in [2.24, 2.45) is 5.92 Å². The van der Waals surface area contributed by atoms with Crippen LogP contribution in [0.3, 0.4) is 0 Å². The van der Waals surface area contributed by atoms with Crippen molar-refractivity contribution in [3.63, 3.8) is 0 Å². The third-order valence-electron chi connectivity index (χ3n) is 4.84. The van der Waals surface area contributed by atoms with Gasteiger partial charge in [-0.15, -0.1) is 0 Å². The summed E-state index contributed by atoms with van der Waals surface area (Å²) in [4.78, 5) is 0.464. The zero-order chi connectivity index (χ0) is 15.6. The Morgan fingerprint density at radius 3 is 2.73 bits per heavy atom. The summed E-state index contributed by atoms with van der Waals surface area (Å²) in [5.74, 6) is 0.311. The van der Waals surface area contributed by atoms with E-state index in [0.29, 0.717) is 30.5 Å². The predicted octanol–water partition coefficient (Wildman–Crippen LogP) is 2.61. The molecule has 5 heteroatoms. The Balaban J connectivity index is 1.83. The van der Waals surface area contributed by atoms with E-state index in [-0.39, 0.29) is 0 Å². The molecule has 1 aromatic carbocycles. The van der Waals surface area contributed by atoms with Crippen LogP contribution in [-0.4, -0.2) is 39.5 Å². The van der Waals surface area contributed by atoms with Crippen molar-refractivity contribution in [1.29, 1.82) is 0 Å². The highest BCUT2D eigenvalue weighted by atomic mass is 32.2. The maximum absolute atomic E-state index is 12.9. The lowest BCUT2D eigenvalue weighted by molar-refractivity contribution is 0.118. The molecule has 4 nitrogen and oxygen atoms in total. The van der Waals surface area contributed by atoms with E-state index < -0.39 is 10.0 Å². The lowest BCUT2D eigenvalue weighted by atomic mass is 9.92. The number of hydrogen-bond acceptors (Lipinski definition) is 3. The molecule has 1 aliphatic heterocycles. The summed E-state index contributed by atoms with van der Waals surface area (Å²) in [7, 11) is -1.69. The second kappa shape index (κ2) is 6.69. The third kappa shape index (κ3) is 3.21. The van der Waals surface area contributed by atoms with Crippen LogP contribution in [0.4, 0.5) is 0 Å². The molecule has 2 aliphatic rings. The van der Waals surface area contributed by atoms with Gasteiger partial charge in [0.05, 0.1) is 11.5 Å². The molecule has 0 bridgehead atoms. The van der Waals surface area contributed by atoms with Gasteiger partial charge in [-0.2, -0.15) is 4.31 Å². The smallest absolute Gasteiger partial charge is 0.243 e. The first-order chi connectivity index (χ1) is 10.6. The molecule has 0 spiro atoms. The van der Waals surface area contributed by atoms with E-state index in [9.17, 15) is 8.42 Å². The quantitative estimate of drug-likeness (QED) is 0.856. The lowest BCUT2D eigenvalue weighted by Gasteiger charge is -2.31. The fraction of sp³-hybridized carbons (Fsp3) is 0.647. The Kier molecular flexibility index (Phi) is 4.85. The van der Waals surface area contributed by atoms with Gasteiger partial charge in [-0.3, -0.25) is 0 Å². The molecule has 1 fully saturated rings. The molecule has 1 heterocycles. The first-order valence-corrected chi connectivity index (χ1v) is 9.66. The molecule has 1 unspecified atom stereocenters. The molecule has 0 amide bonds. The number of piperidine rings is 1. The van der Waals surface area contributed by atoms with Crippen molar-refractivity contribution < 1.29 is 13.2 Å². The van der Waals surface area contributed by atoms with Gasteiger partial charge < -0.3 is 4.74 Å². The second-order valence-corrected chi connectivity index (χ2v) is 8.40. The van der Waals surface area contributed by atoms with Crippen molar-refractivity contribution >= 4 is 10.0 Å². The molecule has 0 N–H and O–H groups in total. The van der Waals surface area contributed by atoms with Crippen LogP contribution in [0.5, 0.6) is 0 Å². The van der Waals surface area contributed by atoms with Crippen LogP contribution in [-0.2, 0) is 27.6 Å². The number of ether oxygens (including phenoxy) is 1. The molecular formula is C17H25NO3S. The Morgan fingerprint density at radius 2 is 1.95 bits per heavy atom. The van der Waals surface area contributed by atoms with E-state index in [0.717, 1.165) is 32.1 Å². The SMILES string of the molecule is COCC1CCCN(S(=O)(=O)c2ccc3c(c2)CCCC3)C1. The summed E-state index contributed by atoms with van der Waals surface area (Å²) < 4.78 is 32.7. The van der Waals surface area contributed by atoms with Crippen LogP contribution in [0, 0.1) is 5.92 Å². The van der Waals surface area contributed by atoms with Crippen LogP contribution >= 0.6 is 0 Å². The first kappa shape index (κ1) is 16.0. The highest BCUT2D eigenvalue weighted by Gasteiger charge is 2.30. The standard InChI is InChI=1S/C17H25NO3S/c1-21-13-14-5-4-10-18(12-14)22(19,20)17-9-8-15-6-2-3-7-16(15)11-17/h8-9,11,14H,2-7,10,12-13H2,1H3. The number of nitrogens with zero attached hydrogens (tertiary/aromatic N) is 1. The van der Waals surface area contributed by atoms with Crippen LogP contribution in [0.25, 0.3) is 0 Å². The van der Waals surface area contributed by atoms with Gasteiger partial charge in [0.15, 0.2) is 0 Å². The molecule has 1 saturated heterocycles. The fourth-order valence-corrected chi connectivity index (χ4v) is 5.24. The number of fused-ring (bicyclic) bond motifs is 1. The molecule has 22 heavy (non-hydrogen) atoms. The Hall–Kier alpha value is -0.910. The third-order valence-corrected chi connectivity index (χ3v) is 6.70. The summed E-state index contributed by atoms with van der Waals surface area (Å²) in [5, 5.41) is 0. The number of benzene rings is 1. The van der Waals surface area contributed by atoms with Crippen LogP contribution < -0.4 is 0 Å². The van der Waals surface area contributed by atoms with E-state index in [4.69, 9.17) is 4.74 Å². The zero-order valence-corrected chi connectivity index (χ0v) is 14.1. The van der Waals surface area contributed by atoms with Gasteiger partial charge in [0.2, 0.25) is 10.0 Å². The predicted molar refractivity (Wildman–Crippen MR) is 86.4 cm³/mol. The maximum Gasteiger partial charge on any atom is 0.243 e. The van der Waals surface area contributed by atoms with Crippen LogP contribution in [0.1, 0.15) is 36.8 Å². The number of sulfonamides is 1. The Labute approximate surface area is 133 Å². The summed E-state index contributed by atoms with van der Waals surface area (Å²) >= 11 is 0. The van der Waals surface area contributed by atoms with Crippen molar-refractivity contribution in [3.8, 4) is 0 Å². The monoisotopic (exact) mass is 323 g/mol. The Bertz CT molecular complexity index is 625. The van der Waals surface area contributed by atoms with Crippen molar-refractivity contribution in [3.05, 3.63) is 29.3 Å². The maximum atomic E-state index is 12.9. The van der Waals surface area contributed by atoms with Gasteiger partial charge in [-0.05, 0) is 67.7 Å². The van der Waals surface area contributed by atoms with E-state index in [1.54, 1.807) is 17.5 Å². The minimum atomic E-state index is -3.37. The van der Waals surface area contributed by atoms with E-state index in [1.165, 1.54) is 17.5 Å². The average molecular weight is 323 g/mol. The topological polar surface area (TPSA) is 46.6 Å². The van der Waals surface area contributed by atoms with Crippen LogP contribution in [0.2, 0.25) is 0 Å². The van der Waals surface area contributed by atoms with Crippen LogP contribution in [0.15, 0.2) is 23.1 Å². The molecule has 0 aromatic heterocycles. The highest BCUT2D eigenvalue weighted by Crippen LogP contribution is 2.28. The van der Waals surface area contributed by atoms with Gasteiger partial charge in [0.1, 0.15) is 0 Å². The number of aryl methyl sites for hydroxylation is 2. The van der Waals surface area contributed by atoms with Gasteiger partial charge in [-0.1, -0.05) is 6.07 Å². The summed E-state index contributed by atoms with van der Waals surface area (Å²) in [6.07, 6.45) is 6.42. The van der Waals surface area contributed by atoms with E-state index in [2.05, 4.69) is 0 Å².